The molecule has 0 saturated carbocycles. The second-order valence-corrected chi connectivity index (χ2v) is 5.30. The van der Waals surface area contributed by atoms with Crippen LogP contribution in [0.2, 0.25) is 0 Å². The fraction of sp³-hybridized carbons (Fsp3) is 0.562. The smallest absolute Gasteiger partial charge is 0.224 e. The van der Waals surface area contributed by atoms with Gasteiger partial charge in [-0.2, -0.15) is 0 Å². The minimum atomic E-state index is 0.129. The van der Waals surface area contributed by atoms with Gasteiger partial charge in [0.1, 0.15) is 0 Å². The van der Waals surface area contributed by atoms with Gasteiger partial charge in [-0.3, -0.25) is 4.79 Å². The van der Waals surface area contributed by atoms with Crippen LogP contribution >= 0.6 is 0 Å². The number of rotatable bonds is 5. The Hall–Kier alpha value is -1.35. The van der Waals surface area contributed by atoms with Gasteiger partial charge in [-0.1, -0.05) is 25.5 Å². The topological polar surface area (TPSA) is 41.1 Å². The highest BCUT2D eigenvalue weighted by molar-refractivity contribution is 5.90. The second kappa shape index (κ2) is 7.29. The van der Waals surface area contributed by atoms with Crippen molar-refractivity contribution in [1.29, 1.82) is 0 Å². The largest absolute Gasteiger partial charge is 0.326 e. The molecule has 0 radical (unpaired) electrons. The number of benzene rings is 1. The van der Waals surface area contributed by atoms with E-state index in [1.54, 1.807) is 0 Å². The highest BCUT2D eigenvalue weighted by atomic mass is 16.1. The van der Waals surface area contributed by atoms with E-state index in [1.165, 1.54) is 18.4 Å². The molecule has 1 saturated heterocycles. The van der Waals surface area contributed by atoms with Gasteiger partial charge in [0.05, 0.1) is 0 Å². The lowest BCUT2D eigenvalue weighted by Gasteiger charge is -2.23. The maximum Gasteiger partial charge on any atom is 0.224 e. The van der Waals surface area contributed by atoms with Crippen molar-refractivity contribution in [3.05, 3.63) is 29.8 Å². The number of piperidine rings is 1. The van der Waals surface area contributed by atoms with Crippen molar-refractivity contribution in [3.8, 4) is 0 Å². The molecule has 1 heterocycles. The summed E-state index contributed by atoms with van der Waals surface area (Å²) < 4.78 is 0. The van der Waals surface area contributed by atoms with Gasteiger partial charge >= 0.3 is 0 Å². The van der Waals surface area contributed by atoms with Crippen LogP contribution in [0.5, 0.6) is 0 Å². The number of carbonyl (C=O) groups is 1. The van der Waals surface area contributed by atoms with Crippen LogP contribution in [-0.2, 0) is 4.79 Å². The van der Waals surface area contributed by atoms with Crippen molar-refractivity contribution in [1.82, 2.24) is 5.32 Å². The molecule has 0 spiro atoms. The molecule has 3 heteroatoms. The number of hydrogen-bond donors (Lipinski definition) is 2. The van der Waals surface area contributed by atoms with Gasteiger partial charge in [-0.15, -0.1) is 0 Å². The number of carbonyl (C=O) groups excluding carboxylic acids is 1. The standard InChI is InChI=1S/C16H24N2O/c1-2-3-7-16(19)18-15-6-4-5-14(12-15)13-8-10-17-11-9-13/h4-6,12-13,17H,2-3,7-11H2,1H3,(H,18,19). The van der Waals surface area contributed by atoms with E-state index in [0.717, 1.165) is 31.6 Å². The van der Waals surface area contributed by atoms with Crippen LogP contribution in [0.15, 0.2) is 24.3 Å². The molecule has 0 bridgehead atoms. The van der Waals surface area contributed by atoms with Gasteiger partial charge in [0.2, 0.25) is 5.91 Å². The minimum absolute atomic E-state index is 0.129. The first kappa shape index (κ1) is 14.1. The summed E-state index contributed by atoms with van der Waals surface area (Å²) in [5.41, 5.74) is 2.30. The van der Waals surface area contributed by atoms with Crippen LogP contribution in [0.3, 0.4) is 0 Å². The molecule has 0 unspecified atom stereocenters. The molecule has 2 N–H and O–H groups in total. The molecule has 104 valence electrons. The summed E-state index contributed by atoms with van der Waals surface area (Å²) >= 11 is 0. The summed E-state index contributed by atoms with van der Waals surface area (Å²) in [6, 6.07) is 8.35. The van der Waals surface area contributed by atoms with Crippen LogP contribution in [0.4, 0.5) is 5.69 Å². The lowest BCUT2D eigenvalue weighted by molar-refractivity contribution is -0.116. The first-order chi connectivity index (χ1) is 9.29. The molecule has 0 aromatic heterocycles. The van der Waals surface area contributed by atoms with E-state index in [0.29, 0.717) is 12.3 Å². The molecule has 1 aliphatic rings. The van der Waals surface area contributed by atoms with Crippen molar-refractivity contribution in [3.63, 3.8) is 0 Å². The lowest BCUT2D eigenvalue weighted by atomic mass is 9.90. The Bertz CT molecular complexity index is 411. The van der Waals surface area contributed by atoms with E-state index < -0.39 is 0 Å². The van der Waals surface area contributed by atoms with Crippen molar-refractivity contribution in [2.45, 2.75) is 44.9 Å². The highest BCUT2D eigenvalue weighted by Gasteiger charge is 2.15. The van der Waals surface area contributed by atoms with Gasteiger partial charge in [0, 0.05) is 12.1 Å². The van der Waals surface area contributed by atoms with Crippen LogP contribution in [0.1, 0.15) is 50.5 Å². The average Bonchev–Trinajstić information content (AvgIpc) is 2.46. The number of nitrogens with one attached hydrogen (secondary N) is 2. The van der Waals surface area contributed by atoms with Crippen LogP contribution in [0.25, 0.3) is 0 Å². The molecule has 19 heavy (non-hydrogen) atoms. The van der Waals surface area contributed by atoms with E-state index in [-0.39, 0.29) is 5.91 Å². The Kier molecular flexibility index (Phi) is 5.40. The Morgan fingerprint density at radius 1 is 1.37 bits per heavy atom. The summed E-state index contributed by atoms with van der Waals surface area (Å²) in [5.74, 6) is 0.762. The molecule has 1 fully saturated rings. The normalized spacial score (nSPS) is 16.3. The number of anilines is 1. The summed E-state index contributed by atoms with van der Waals surface area (Å²) in [6.07, 6.45) is 5.01. The predicted octanol–water partition coefficient (Wildman–Crippen LogP) is 3.28. The Labute approximate surface area is 115 Å². The van der Waals surface area contributed by atoms with Gasteiger partial charge in [0.25, 0.3) is 0 Å². The zero-order chi connectivity index (χ0) is 13.5. The fourth-order valence-corrected chi connectivity index (χ4v) is 2.59. The van der Waals surface area contributed by atoms with Gasteiger partial charge in [-0.05, 0) is 56.0 Å². The summed E-state index contributed by atoms with van der Waals surface area (Å²) in [6.45, 7) is 4.29. The molecule has 1 amide bonds. The van der Waals surface area contributed by atoms with Crippen LogP contribution < -0.4 is 10.6 Å². The van der Waals surface area contributed by atoms with Crippen molar-refractivity contribution in [2.75, 3.05) is 18.4 Å². The van der Waals surface area contributed by atoms with Crippen LogP contribution in [-0.4, -0.2) is 19.0 Å². The Morgan fingerprint density at radius 3 is 2.89 bits per heavy atom. The number of hydrogen-bond acceptors (Lipinski definition) is 2. The molecule has 1 aromatic carbocycles. The van der Waals surface area contributed by atoms with E-state index in [1.807, 2.05) is 12.1 Å². The Morgan fingerprint density at radius 2 is 2.16 bits per heavy atom. The fourth-order valence-electron chi connectivity index (χ4n) is 2.59. The maximum atomic E-state index is 11.7. The van der Waals surface area contributed by atoms with E-state index >= 15 is 0 Å². The van der Waals surface area contributed by atoms with E-state index in [2.05, 4.69) is 29.7 Å². The summed E-state index contributed by atoms with van der Waals surface area (Å²) in [7, 11) is 0. The molecule has 1 aliphatic heterocycles. The number of unbranched alkanes of at least 4 members (excludes halogenated alkanes) is 1. The average molecular weight is 260 g/mol. The molecule has 3 nitrogen and oxygen atoms in total. The first-order valence-electron chi connectivity index (χ1n) is 7.40. The maximum absolute atomic E-state index is 11.7. The minimum Gasteiger partial charge on any atom is -0.326 e. The Balaban J connectivity index is 1.96. The molecular formula is C16H24N2O. The van der Waals surface area contributed by atoms with Crippen molar-refractivity contribution < 1.29 is 4.79 Å². The zero-order valence-corrected chi connectivity index (χ0v) is 11.7. The van der Waals surface area contributed by atoms with E-state index in [9.17, 15) is 4.79 Å². The monoisotopic (exact) mass is 260 g/mol. The molecule has 0 aliphatic carbocycles. The summed E-state index contributed by atoms with van der Waals surface area (Å²) in [5, 5.41) is 6.39. The molecule has 2 rings (SSSR count). The first-order valence-corrected chi connectivity index (χ1v) is 7.40. The van der Waals surface area contributed by atoms with Crippen molar-refractivity contribution >= 4 is 11.6 Å². The third kappa shape index (κ3) is 4.35. The highest BCUT2D eigenvalue weighted by Crippen LogP contribution is 2.27. The zero-order valence-electron chi connectivity index (χ0n) is 11.7. The number of amides is 1. The second-order valence-electron chi connectivity index (χ2n) is 5.30. The van der Waals surface area contributed by atoms with Crippen LogP contribution in [0, 0.1) is 0 Å². The lowest BCUT2D eigenvalue weighted by Crippen LogP contribution is -2.26. The van der Waals surface area contributed by atoms with Crippen molar-refractivity contribution in [2.24, 2.45) is 0 Å². The van der Waals surface area contributed by atoms with Gasteiger partial charge in [-0.25, -0.2) is 0 Å². The molecular weight excluding hydrogens is 236 g/mol. The summed E-state index contributed by atoms with van der Waals surface area (Å²) in [4.78, 5) is 11.7. The van der Waals surface area contributed by atoms with E-state index in [4.69, 9.17) is 0 Å². The predicted molar refractivity (Wildman–Crippen MR) is 79.4 cm³/mol. The SMILES string of the molecule is CCCCC(=O)Nc1cccc(C2CCNCC2)c1. The molecule has 1 aromatic rings. The third-order valence-corrected chi connectivity index (χ3v) is 3.74. The quantitative estimate of drug-likeness (QED) is 0.853. The third-order valence-electron chi connectivity index (χ3n) is 3.74. The van der Waals surface area contributed by atoms with Gasteiger partial charge < -0.3 is 10.6 Å². The molecule has 0 atom stereocenters. The van der Waals surface area contributed by atoms with Gasteiger partial charge in [0.15, 0.2) is 0 Å².